The first-order valence-corrected chi connectivity index (χ1v) is 10.9. The molecule has 0 bridgehead atoms. The molecule has 34 heavy (non-hydrogen) atoms. The van der Waals surface area contributed by atoms with Gasteiger partial charge in [-0.3, -0.25) is 0 Å². The molecule has 0 saturated heterocycles. The number of hydrogen-bond acceptors (Lipinski definition) is 5. The fraction of sp³-hybridized carbons (Fsp3) is 0. The molecule has 0 atom stereocenters. The molecule has 3 aromatic heterocycles. The van der Waals surface area contributed by atoms with Gasteiger partial charge in [0, 0.05) is 21.7 Å². The maximum atomic E-state index is 13.5. The van der Waals surface area contributed by atoms with Crippen LogP contribution in [0.3, 0.4) is 0 Å². The second kappa shape index (κ2) is 7.08. The van der Waals surface area contributed by atoms with Crippen molar-refractivity contribution < 1.29 is 4.42 Å². The van der Waals surface area contributed by atoms with Crippen LogP contribution in [0.1, 0.15) is 0 Å². The molecule has 0 fully saturated rings. The van der Waals surface area contributed by atoms with Gasteiger partial charge in [0.1, 0.15) is 11.2 Å². The molecule has 7 aromatic rings. The zero-order chi connectivity index (χ0) is 22.6. The van der Waals surface area contributed by atoms with E-state index >= 15 is 0 Å². The number of rotatable bonds is 2. The average molecular weight is 440 g/mol. The summed E-state index contributed by atoms with van der Waals surface area (Å²) >= 11 is 0. The lowest BCUT2D eigenvalue weighted by atomic mass is 10.1. The third-order valence-electron chi connectivity index (χ3n) is 6.08. The van der Waals surface area contributed by atoms with Crippen LogP contribution in [-0.4, -0.2) is 19.4 Å². The number of aromatic nitrogens is 4. The molecule has 6 nitrogen and oxygen atoms in total. The zero-order valence-electron chi connectivity index (χ0n) is 17.8. The van der Waals surface area contributed by atoms with Gasteiger partial charge >= 0.3 is 5.69 Å². The lowest BCUT2D eigenvalue weighted by Crippen LogP contribution is -2.22. The van der Waals surface area contributed by atoms with Gasteiger partial charge in [-0.1, -0.05) is 72.8 Å². The topological polar surface area (TPSA) is 73.3 Å². The van der Waals surface area contributed by atoms with Crippen molar-refractivity contribution in [3.8, 4) is 22.8 Å². The van der Waals surface area contributed by atoms with E-state index in [0.29, 0.717) is 28.4 Å². The first-order chi connectivity index (χ1) is 16.8. The summed E-state index contributed by atoms with van der Waals surface area (Å²) in [6.07, 6.45) is 0. The van der Waals surface area contributed by atoms with Crippen molar-refractivity contribution in [3.63, 3.8) is 0 Å². The van der Waals surface area contributed by atoms with Crippen LogP contribution in [0.25, 0.3) is 61.3 Å². The number of benzene rings is 4. The van der Waals surface area contributed by atoms with Crippen molar-refractivity contribution in [2.24, 2.45) is 0 Å². The molecule has 0 aliphatic carbocycles. The van der Waals surface area contributed by atoms with Crippen molar-refractivity contribution in [2.75, 3.05) is 0 Å². The molecule has 3 heterocycles. The Morgan fingerprint density at radius 2 is 1.38 bits per heavy atom. The number of fused-ring (bicyclic) bond motifs is 6. The van der Waals surface area contributed by atoms with Crippen LogP contribution in [0.5, 0.6) is 0 Å². The third kappa shape index (κ3) is 2.69. The highest BCUT2D eigenvalue weighted by molar-refractivity contribution is 6.09. The van der Waals surface area contributed by atoms with Gasteiger partial charge in [-0.15, -0.1) is 0 Å². The van der Waals surface area contributed by atoms with Crippen molar-refractivity contribution in [1.82, 2.24) is 19.4 Å². The lowest BCUT2D eigenvalue weighted by molar-refractivity contribution is 0.669. The Bertz CT molecular complexity index is 1940. The van der Waals surface area contributed by atoms with Crippen LogP contribution in [0, 0.1) is 0 Å². The Labute approximate surface area is 192 Å². The van der Waals surface area contributed by atoms with Gasteiger partial charge in [-0.05, 0) is 24.3 Å². The molecule has 0 aliphatic rings. The lowest BCUT2D eigenvalue weighted by Gasteiger charge is -2.11. The Morgan fingerprint density at radius 3 is 2.26 bits per heavy atom. The van der Waals surface area contributed by atoms with Crippen LogP contribution in [0.4, 0.5) is 0 Å². The summed E-state index contributed by atoms with van der Waals surface area (Å²) in [6, 6.07) is 31.0. The standard InChI is InChI=1S/C28H16N4O2/c33-28-31-25(17-9-2-1-3-10-17)30-26-20-12-4-6-15-22(20)29-27(32(26)28)21-14-8-13-19-18-11-5-7-16-23(18)34-24(19)21/h1-16H. The summed E-state index contributed by atoms with van der Waals surface area (Å²) in [5.41, 5.74) is 3.75. The van der Waals surface area contributed by atoms with Crippen LogP contribution in [-0.2, 0) is 0 Å². The summed E-state index contributed by atoms with van der Waals surface area (Å²) in [7, 11) is 0. The monoisotopic (exact) mass is 440 g/mol. The van der Waals surface area contributed by atoms with Crippen LogP contribution in [0.2, 0.25) is 0 Å². The molecule has 0 amide bonds. The highest BCUT2D eigenvalue weighted by Gasteiger charge is 2.19. The Morgan fingerprint density at radius 1 is 0.647 bits per heavy atom. The number of furan rings is 1. The summed E-state index contributed by atoms with van der Waals surface area (Å²) in [5.74, 6) is 0.831. The molecule has 160 valence electrons. The van der Waals surface area contributed by atoms with E-state index in [9.17, 15) is 4.79 Å². The molecule has 0 unspecified atom stereocenters. The minimum atomic E-state index is -0.440. The summed E-state index contributed by atoms with van der Waals surface area (Å²) in [4.78, 5) is 27.5. The van der Waals surface area contributed by atoms with Crippen LogP contribution < -0.4 is 5.69 Å². The molecule has 0 aliphatic heterocycles. The fourth-order valence-corrected chi connectivity index (χ4v) is 4.52. The Hall–Kier alpha value is -4.84. The van der Waals surface area contributed by atoms with E-state index in [1.165, 1.54) is 4.40 Å². The molecular formula is C28H16N4O2. The van der Waals surface area contributed by atoms with E-state index in [-0.39, 0.29) is 0 Å². The predicted octanol–water partition coefficient (Wildman–Crippen LogP) is 5.87. The molecule has 0 spiro atoms. The van der Waals surface area contributed by atoms with Gasteiger partial charge in [0.05, 0.1) is 11.1 Å². The Kier molecular flexibility index (Phi) is 3.90. The molecule has 0 N–H and O–H groups in total. The maximum absolute atomic E-state index is 13.5. The highest BCUT2D eigenvalue weighted by Crippen LogP contribution is 2.35. The van der Waals surface area contributed by atoms with Gasteiger partial charge < -0.3 is 4.42 Å². The highest BCUT2D eigenvalue weighted by atomic mass is 16.3. The summed E-state index contributed by atoms with van der Waals surface area (Å²) in [6.45, 7) is 0. The average Bonchev–Trinajstić information content (AvgIpc) is 3.27. The molecular weight excluding hydrogens is 424 g/mol. The van der Waals surface area contributed by atoms with Crippen molar-refractivity contribution >= 4 is 38.5 Å². The van der Waals surface area contributed by atoms with Crippen LogP contribution >= 0.6 is 0 Å². The van der Waals surface area contributed by atoms with Gasteiger partial charge in [-0.25, -0.2) is 19.2 Å². The van der Waals surface area contributed by atoms with E-state index in [1.807, 2.05) is 97.1 Å². The minimum Gasteiger partial charge on any atom is -0.455 e. The normalized spacial score (nSPS) is 11.6. The van der Waals surface area contributed by atoms with Gasteiger partial charge in [0.2, 0.25) is 0 Å². The fourth-order valence-electron chi connectivity index (χ4n) is 4.52. The SMILES string of the molecule is O=c1nc(-c2ccccc2)nc2c3ccccc3nc(-c3cccc4c3oc3ccccc34)n12. The maximum Gasteiger partial charge on any atom is 0.357 e. The van der Waals surface area contributed by atoms with Crippen LogP contribution in [0.15, 0.2) is 106 Å². The van der Waals surface area contributed by atoms with E-state index in [2.05, 4.69) is 4.98 Å². The molecule has 6 heteroatoms. The molecule has 4 aromatic carbocycles. The summed E-state index contributed by atoms with van der Waals surface area (Å²) < 4.78 is 7.72. The zero-order valence-corrected chi connectivity index (χ0v) is 17.8. The first kappa shape index (κ1) is 18.7. The van der Waals surface area contributed by atoms with E-state index in [0.717, 1.165) is 32.8 Å². The quantitative estimate of drug-likeness (QED) is 0.314. The van der Waals surface area contributed by atoms with Crippen molar-refractivity contribution in [1.29, 1.82) is 0 Å². The second-order valence-corrected chi connectivity index (χ2v) is 8.09. The Balaban J connectivity index is 1.63. The summed E-state index contributed by atoms with van der Waals surface area (Å²) in [5, 5.41) is 2.75. The third-order valence-corrected chi connectivity index (χ3v) is 6.08. The molecule has 0 saturated carbocycles. The molecule has 7 rings (SSSR count). The molecule has 0 radical (unpaired) electrons. The number of hydrogen-bond donors (Lipinski definition) is 0. The van der Waals surface area contributed by atoms with Gasteiger partial charge in [0.15, 0.2) is 17.3 Å². The smallest absolute Gasteiger partial charge is 0.357 e. The predicted molar refractivity (Wildman–Crippen MR) is 133 cm³/mol. The van der Waals surface area contributed by atoms with E-state index in [1.54, 1.807) is 0 Å². The van der Waals surface area contributed by atoms with Gasteiger partial charge in [0.25, 0.3) is 0 Å². The van der Waals surface area contributed by atoms with Gasteiger partial charge in [-0.2, -0.15) is 4.98 Å². The first-order valence-electron chi connectivity index (χ1n) is 10.9. The second-order valence-electron chi connectivity index (χ2n) is 8.09. The minimum absolute atomic E-state index is 0.384. The number of nitrogens with zero attached hydrogens (tertiary/aromatic N) is 4. The largest absolute Gasteiger partial charge is 0.455 e. The van der Waals surface area contributed by atoms with Crippen molar-refractivity contribution in [3.05, 3.63) is 108 Å². The van der Waals surface area contributed by atoms with E-state index < -0.39 is 5.69 Å². The number of para-hydroxylation sites is 3. The van der Waals surface area contributed by atoms with Crippen molar-refractivity contribution in [2.45, 2.75) is 0 Å². The van der Waals surface area contributed by atoms with E-state index in [4.69, 9.17) is 14.4 Å².